The van der Waals surface area contributed by atoms with Crippen LogP contribution in [0.2, 0.25) is 0 Å². The first-order valence-electron chi connectivity index (χ1n) is 11.3. The fraction of sp³-hybridized carbons (Fsp3) is 0.417. The summed E-state index contributed by atoms with van der Waals surface area (Å²) < 4.78 is 51.2. The number of methoxy groups -OCH3 is 1. The standard InChI is InChI=1S/C24H28F3N3O6/c1-34-13-14-35-18-8-4-16(5-9-18)22(32)29-20-15-30(12-2-3-21(20)31)23(33)28-17-6-10-19(11-7-17)36-24(25,26)27/h4-11,20-21,31H,2-3,12-15H2,1H3,(H,28,33)(H,29,32)/t20-,21-/m1/s1. The van der Waals surface area contributed by atoms with Crippen molar-refractivity contribution in [3.8, 4) is 11.5 Å². The van der Waals surface area contributed by atoms with E-state index in [2.05, 4.69) is 15.4 Å². The summed E-state index contributed by atoms with van der Waals surface area (Å²) in [7, 11) is 1.57. The molecule has 0 aromatic heterocycles. The van der Waals surface area contributed by atoms with Gasteiger partial charge in [0.2, 0.25) is 0 Å². The van der Waals surface area contributed by atoms with Crippen LogP contribution < -0.4 is 20.1 Å². The number of nitrogens with one attached hydrogen (secondary N) is 2. The Kier molecular flexibility index (Phi) is 9.37. The lowest BCUT2D eigenvalue weighted by atomic mass is 10.1. The second-order valence-electron chi connectivity index (χ2n) is 8.10. The van der Waals surface area contributed by atoms with Gasteiger partial charge in [-0.15, -0.1) is 13.2 Å². The molecule has 1 aliphatic rings. The summed E-state index contributed by atoms with van der Waals surface area (Å²) in [5, 5.41) is 15.9. The Morgan fingerprint density at radius 1 is 1.06 bits per heavy atom. The zero-order chi connectivity index (χ0) is 26.1. The Morgan fingerprint density at radius 3 is 2.36 bits per heavy atom. The first-order chi connectivity index (χ1) is 17.1. The topological polar surface area (TPSA) is 109 Å². The van der Waals surface area contributed by atoms with E-state index in [1.807, 2.05) is 0 Å². The smallest absolute Gasteiger partial charge is 0.491 e. The van der Waals surface area contributed by atoms with E-state index in [9.17, 15) is 27.9 Å². The summed E-state index contributed by atoms with van der Waals surface area (Å²) in [4.78, 5) is 27.0. The van der Waals surface area contributed by atoms with Crippen LogP contribution in [0.15, 0.2) is 48.5 Å². The van der Waals surface area contributed by atoms with Gasteiger partial charge in [0, 0.05) is 31.5 Å². The number of nitrogens with zero attached hydrogens (tertiary/aromatic N) is 1. The molecule has 196 valence electrons. The quantitative estimate of drug-likeness (QED) is 0.469. The highest BCUT2D eigenvalue weighted by molar-refractivity contribution is 5.94. The van der Waals surface area contributed by atoms with Crippen LogP contribution in [0.3, 0.4) is 0 Å². The monoisotopic (exact) mass is 511 g/mol. The molecule has 12 heteroatoms. The largest absolute Gasteiger partial charge is 0.573 e. The molecule has 1 fully saturated rings. The van der Waals surface area contributed by atoms with Crippen LogP contribution in [-0.2, 0) is 4.74 Å². The number of benzene rings is 2. The third-order valence-corrected chi connectivity index (χ3v) is 5.43. The number of amides is 3. The number of aliphatic hydroxyl groups is 1. The van der Waals surface area contributed by atoms with Gasteiger partial charge in [-0.05, 0) is 61.4 Å². The number of likely N-dealkylation sites (tertiary alicyclic amines) is 1. The maximum Gasteiger partial charge on any atom is 0.573 e. The normalized spacial score (nSPS) is 18.2. The first kappa shape index (κ1) is 27.1. The SMILES string of the molecule is COCCOc1ccc(C(=O)N[C@@H]2CN(C(=O)Nc3ccc(OC(F)(F)F)cc3)CCC[C@H]2O)cc1. The van der Waals surface area contributed by atoms with Gasteiger partial charge in [-0.2, -0.15) is 0 Å². The van der Waals surface area contributed by atoms with Crippen molar-refractivity contribution >= 4 is 17.6 Å². The van der Waals surface area contributed by atoms with Crippen LogP contribution >= 0.6 is 0 Å². The number of aliphatic hydroxyl groups excluding tert-OH is 1. The molecule has 0 unspecified atom stereocenters. The van der Waals surface area contributed by atoms with E-state index >= 15 is 0 Å². The number of urea groups is 1. The van der Waals surface area contributed by atoms with Crippen molar-refractivity contribution in [2.45, 2.75) is 31.3 Å². The lowest BCUT2D eigenvalue weighted by Crippen LogP contribution is -2.50. The predicted octanol–water partition coefficient (Wildman–Crippen LogP) is 3.40. The second kappa shape index (κ2) is 12.5. The molecule has 1 heterocycles. The number of alkyl halides is 3. The summed E-state index contributed by atoms with van der Waals surface area (Å²) in [6, 6.07) is 10.0. The van der Waals surface area contributed by atoms with Gasteiger partial charge in [-0.25, -0.2) is 4.79 Å². The number of ether oxygens (including phenoxy) is 3. The molecule has 3 amide bonds. The minimum Gasteiger partial charge on any atom is -0.491 e. The van der Waals surface area contributed by atoms with Crippen LogP contribution in [0.4, 0.5) is 23.7 Å². The molecule has 0 aliphatic carbocycles. The molecule has 0 spiro atoms. The Morgan fingerprint density at radius 2 is 1.72 bits per heavy atom. The zero-order valence-corrected chi connectivity index (χ0v) is 19.6. The van der Waals surface area contributed by atoms with Crippen LogP contribution in [0.5, 0.6) is 11.5 Å². The molecule has 0 saturated carbocycles. The molecule has 2 aromatic carbocycles. The minimum atomic E-state index is -4.81. The molecule has 1 saturated heterocycles. The minimum absolute atomic E-state index is 0.0478. The highest BCUT2D eigenvalue weighted by Crippen LogP contribution is 2.24. The van der Waals surface area contributed by atoms with Crippen LogP contribution in [0.1, 0.15) is 23.2 Å². The zero-order valence-electron chi connectivity index (χ0n) is 19.6. The highest BCUT2D eigenvalue weighted by Gasteiger charge is 2.31. The Bertz CT molecular complexity index is 1000. The molecular formula is C24H28F3N3O6. The lowest BCUT2D eigenvalue weighted by Gasteiger charge is -2.27. The molecule has 2 atom stereocenters. The van der Waals surface area contributed by atoms with E-state index in [1.54, 1.807) is 31.4 Å². The number of carbonyl (C=O) groups is 2. The number of anilines is 1. The van der Waals surface area contributed by atoms with E-state index in [0.717, 1.165) is 12.1 Å². The number of halogens is 3. The summed E-state index contributed by atoms with van der Waals surface area (Å²) >= 11 is 0. The summed E-state index contributed by atoms with van der Waals surface area (Å²) in [6.07, 6.45) is -4.78. The van der Waals surface area contributed by atoms with Crippen molar-refractivity contribution in [2.75, 3.05) is 38.7 Å². The predicted molar refractivity (Wildman–Crippen MR) is 124 cm³/mol. The molecule has 2 aromatic rings. The summed E-state index contributed by atoms with van der Waals surface area (Å²) in [5.41, 5.74) is 0.635. The number of hydrogen-bond acceptors (Lipinski definition) is 6. The summed E-state index contributed by atoms with van der Waals surface area (Å²) in [6.45, 7) is 1.19. The third-order valence-electron chi connectivity index (χ3n) is 5.43. The van der Waals surface area contributed by atoms with Gasteiger partial charge < -0.3 is 34.9 Å². The average Bonchev–Trinajstić information content (AvgIpc) is 3.01. The van der Waals surface area contributed by atoms with Gasteiger partial charge in [-0.3, -0.25) is 4.79 Å². The van der Waals surface area contributed by atoms with Crippen LogP contribution in [0.25, 0.3) is 0 Å². The molecule has 9 nitrogen and oxygen atoms in total. The molecule has 0 bridgehead atoms. The maximum atomic E-state index is 12.8. The molecular weight excluding hydrogens is 483 g/mol. The van der Waals surface area contributed by atoms with Gasteiger partial charge in [0.1, 0.15) is 18.1 Å². The van der Waals surface area contributed by atoms with Gasteiger partial charge in [0.25, 0.3) is 5.91 Å². The molecule has 36 heavy (non-hydrogen) atoms. The lowest BCUT2D eigenvalue weighted by molar-refractivity contribution is -0.274. The first-order valence-corrected chi connectivity index (χ1v) is 11.3. The molecule has 3 N–H and O–H groups in total. The Balaban J connectivity index is 1.58. The van der Waals surface area contributed by atoms with Crippen molar-refractivity contribution in [2.24, 2.45) is 0 Å². The van der Waals surface area contributed by atoms with E-state index in [0.29, 0.717) is 43.9 Å². The van der Waals surface area contributed by atoms with Crippen molar-refractivity contribution in [1.82, 2.24) is 10.2 Å². The maximum absolute atomic E-state index is 12.8. The van der Waals surface area contributed by atoms with E-state index in [-0.39, 0.29) is 12.2 Å². The summed E-state index contributed by atoms with van der Waals surface area (Å²) in [5.74, 6) is -0.236. The number of rotatable bonds is 8. The van der Waals surface area contributed by atoms with Crippen LogP contribution in [-0.4, -0.2) is 73.9 Å². The Labute approximate surface area is 206 Å². The fourth-order valence-corrected chi connectivity index (χ4v) is 3.61. The van der Waals surface area contributed by atoms with Crippen molar-refractivity contribution < 1.29 is 42.1 Å². The second-order valence-corrected chi connectivity index (χ2v) is 8.10. The van der Waals surface area contributed by atoms with E-state index in [4.69, 9.17) is 9.47 Å². The molecule has 3 rings (SSSR count). The molecule has 0 radical (unpaired) electrons. The van der Waals surface area contributed by atoms with Crippen molar-refractivity contribution in [3.63, 3.8) is 0 Å². The van der Waals surface area contributed by atoms with Crippen molar-refractivity contribution in [1.29, 1.82) is 0 Å². The average molecular weight is 511 g/mol. The fourth-order valence-electron chi connectivity index (χ4n) is 3.61. The molecule has 1 aliphatic heterocycles. The number of hydrogen-bond donors (Lipinski definition) is 3. The van der Waals surface area contributed by atoms with Gasteiger partial charge in [-0.1, -0.05) is 0 Å². The van der Waals surface area contributed by atoms with Gasteiger partial charge in [0.05, 0.1) is 18.8 Å². The number of carbonyl (C=O) groups excluding carboxylic acids is 2. The van der Waals surface area contributed by atoms with E-state index in [1.165, 1.54) is 17.0 Å². The van der Waals surface area contributed by atoms with Crippen LogP contribution in [0, 0.1) is 0 Å². The van der Waals surface area contributed by atoms with Gasteiger partial charge >= 0.3 is 12.4 Å². The van der Waals surface area contributed by atoms with Crippen molar-refractivity contribution in [3.05, 3.63) is 54.1 Å². The Hall–Kier alpha value is -3.51. The highest BCUT2D eigenvalue weighted by atomic mass is 19.4. The van der Waals surface area contributed by atoms with E-state index < -0.39 is 36.2 Å². The third kappa shape index (κ3) is 8.31. The van der Waals surface area contributed by atoms with Gasteiger partial charge in [0.15, 0.2) is 0 Å².